The summed E-state index contributed by atoms with van der Waals surface area (Å²) in [5, 5.41) is 9.09. The van der Waals surface area contributed by atoms with Gasteiger partial charge in [-0.15, -0.1) is 0 Å². The van der Waals surface area contributed by atoms with Crippen molar-refractivity contribution in [1.29, 1.82) is 0 Å². The lowest BCUT2D eigenvalue weighted by atomic mass is 10.1. The average Bonchev–Trinajstić information content (AvgIpc) is 2.34. The van der Waals surface area contributed by atoms with Gasteiger partial charge >= 0.3 is 12.0 Å². The van der Waals surface area contributed by atoms with Gasteiger partial charge in [-0.1, -0.05) is 11.6 Å². The van der Waals surface area contributed by atoms with Gasteiger partial charge in [0.2, 0.25) is 0 Å². The zero-order valence-electron chi connectivity index (χ0n) is 10.0. The number of nitrogens with zero attached hydrogens (tertiary/aromatic N) is 2. The number of aryl methyl sites for hydroxylation is 2. The van der Waals surface area contributed by atoms with Crippen LogP contribution in [-0.4, -0.2) is 21.0 Å². The van der Waals surface area contributed by atoms with Crippen molar-refractivity contribution < 1.29 is 14.6 Å². The molecule has 1 N–H and O–H groups in total. The molecule has 5 nitrogen and oxygen atoms in total. The van der Waals surface area contributed by atoms with Crippen LogP contribution >= 0.6 is 0 Å². The maximum atomic E-state index is 11.1. The van der Waals surface area contributed by atoms with Crippen molar-refractivity contribution in [2.24, 2.45) is 0 Å². The van der Waals surface area contributed by atoms with Gasteiger partial charge < -0.3 is 9.84 Å². The number of hydrogen-bond donors (Lipinski definition) is 1. The number of rotatable bonds is 3. The zero-order chi connectivity index (χ0) is 13.1. The second-order valence-electron chi connectivity index (χ2n) is 3.95. The van der Waals surface area contributed by atoms with Gasteiger partial charge in [-0.3, -0.25) is 0 Å². The predicted molar refractivity (Wildman–Crippen MR) is 65.0 cm³/mol. The van der Waals surface area contributed by atoms with Gasteiger partial charge in [-0.2, -0.15) is 0 Å². The van der Waals surface area contributed by atoms with E-state index in [0.717, 1.165) is 11.1 Å². The Kier molecular flexibility index (Phi) is 3.23. The molecule has 2 aromatic rings. The van der Waals surface area contributed by atoms with E-state index in [-0.39, 0.29) is 17.3 Å². The van der Waals surface area contributed by atoms with Gasteiger partial charge in [0.05, 0.1) is 0 Å². The molecule has 1 aromatic carbocycles. The van der Waals surface area contributed by atoms with Crippen LogP contribution in [0.4, 0.5) is 0 Å². The van der Waals surface area contributed by atoms with Crippen molar-refractivity contribution in [1.82, 2.24) is 9.97 Å². The molecule has 0 fully saturated rings. The minimum Gasteiger partial charge on any atom is -0.478 e. The van der Waals surface area contributed by atoms with Crippen molar-refractivity contribution in [3.8, 4) is 11.8 Å². The molecule has 0 aliphatic carbocycles. The lowest BCUT2D eigenvalue weighted by Crippen LogP contribution is -2.02. The number of carboxylic acids is 1. The molecule has 0 unspecified atom stereocenters. The van der Waals surface area contributed by atoms with Crippen molar-refractivity contribution in [2.45, 2.75) is 13.8 Å². The molecule has 0 bridgehead atoms. The summed E-state index contributed by atoms with van der Waals surface area (Å²) >= 11 is 0. The Bertz CT molecular complexity index is 579. The summed E-state index contributed by atoms with van der Waals surface area (Å²) in [4.78, 5) is 19.0. The van der Waals surface area contributed by atoms with E-state index in [1.807, 2.05) is 13.8 Å². The summed E-state index contributed by atoms with van der Waals surface area (Å²) in [5.74, 6) is -0.808. The topological polar surface area (TPSA) is 72.3 Å². The molecule has 2 rings (SSSR count). The molecule has 1 aromatic heterocycles. The quantitative estimate of drug-likeness (QED) is 0.898. The predicted octanol–water partition coefficient (Wildman–Crippen LogP) is 2.58. The first-order valence-electron chi connectivity index (χ1n) is 5.36. The van der Waals surface area contributed by atoms with Crippen LogP contribution in [0.25, 0.3) is 0 Å². The summed E-state index contributed by atoms with van der Waals surface area (Å²) < 4.78 is 5.38. The van der Waals surface area contributed by atoms with Gasteiger partial charge in [0.25, 0.3) is 0 Å². The Hall–Kier alpha value is -2.43. The lowest BCUT2D eigenvalue weighted by molar-refractivity contribution is 0.0694. The number of carboxylic acid groups (broad SMARTS) is 1. The van der Waals surface area contributed by atoms with E-state index in [1.54, 1.807) is 30.6 Å². The molecule has 0 atom stereocenters. The third kappa shape index (κ3) is 2.63. The van der Waals surface area contributed by atoms with E-state index in [1.165, 1.54) is 0 Å². The monoisotopic (exact) mass is 244 g/mol. The largest absolute Gasteiger partial charge is 0.478 e. The molecule has 0 saturated carbocycles. The fourth-order valence-corrected chi connectivity index (χ4v) is 1.43. The van der Waals surface area contributed by atoms with Crippen molar-refractivity contribution in [2.75, 3.05) is 0 Å². The van der Waals surface area contributed by atoms with Gasteiger partial charge in [0.1, 0.15) is 11.3 Å². The second kappa shape index (κ2) is 4.83. The SMILES string of the molecule is Cc1cnc(Oc2ccc(C)cc2C(=O)O)nc1. The molecular weight excluding hydrogens is 232 g/mol. The molecule has 18 heavy (non-hydrogen) atoms. The highest BCUT2D eigenvalue weighted by Gasteiger charge is 2.13. The van der Waals surface area contributed by atoms with Crippen LogP contribution in [0.15, 0.2) is 30.6 Å². The zero-order valence-corrected chi connectivity index (χ0v) is 10.0. The normalized spacial score (nSPS) is 10.1. The first-order chi connectivity index (χ1) is 8.56. The van der Waals surface area contributed by atoms with Crippen LogP contribution in [0.3, 0.4) is 0 Å². The van der Waals surface area contributed by atoms with Crippen LogP contribution in [0.2, 0.25) is 0 Å². The Morgan fingerprint density at radius 3 is 2.44 bits per heavy atom. The van der Waals surface area contributed by atoms with Crippen LogP contribution < -0.4 is 4.74 Å². The summed E-state index contributed by atoms with van der Waals surface area (Å²) in [6, 6.07) is 5.05. The Morgan fingerprint density at radius 2 is 1.83 bits per heavy atom. The Morgan fingerprint density at radius 1 is 1.17 bits per heavy atom. The summed E-state index contributed by atoms with van der Waals surface area (Å²) in [5.41, 5.74) is 1.86. The third-order valence-corrected chi connectivity index (χ3v) is 2.32. The van der Waals surface area contributed by atoms with Crippen molar-refractivity contribution in [3.05, 3.63) is 47.3 Å². The molecule has 92 valence electrons. The smallest absolute Gasteiger partial charge is 0.339 e. The third-order valence-electron chi connectivity index (χ3n) is 2.32. The van der Waals surface area contributed by atoms with Crippen LogP contribution in [0, 0.1) is 13.8 Å². The maximum Gasteiger partial charge on any atom is 0.339 e. The molecule has 0 saturated heterocycles. The van der Waals surface area contributed by atoms with Gasteiger partial charge in [0, 0.05) is 12.4 Å². The number of hydrogen-bond acceptors (Lipinski definition) is 4. The minimum absolute atomic E-state index is 0.0965. The first-order valence-corrected chi connectivity index (χ1v) is 5.36. The van der Waals surface area contributed by atoms with Crippen LogP contribution in [0.1, 0.15) is 21.5 Å². The summed E-state index contributed by atoms with van der Waals surface area (Å²) in [6.07, 6.45) is 3.22. The summed E-state index contributed by atoms with van der Waals surface area (Å²) in [6.45, 7) is 3.68. The van der Waals surface area contributed by atoms with Gasteiger partial charge in [-0.05, 0) is 31.5 Å². The Balaban J connectivity index is 2.34. The minimum atomic E-state index is -1.04. The average molecular weight is 244 g/mol. The van der Waals surface area contributed by atoms with E-state index in [4.69, 9.17) is 9.84 Å². The number of carbonyl (C=O) groups is 1. The fourth-order valence-electron chi connectivity index (χ4n) is 1.43. The molecule has 0 spiro atoms. The van der Waals surface area contributed by atoms with E-state index in [0.29, 0.717) is 0 Å². The molecule has 0 radical (unpaired) electrons. The molecular formula is C13H12N2O3. The standard InChI is InChI=1S/C13H12N2O3/c1-8-3-4-11(10(5-8)12(16)17)18-13-14-6-9(2)7-15-13/h3-7H,1-2H3,(H,16,17). The van der Waals surface area contributed by atoms with E-state index in [2.05, 4.69) is 9.97 Å². The highest BCUT2D eigenvalue weighted by Crippen LogP contribution is 2.24. The molecule has 1 heterocycles. The van der Waals surface area contributed by atoms with Crippen LogP contribution in [-0.2, 0) is 0 Å². The maximum absolute atomic E-state index is 11.1. The van der Waals surface area contributed by atoms with Crippen molar-refractivity contribution in [3.63, 3.8) is 0 Å². The van der Waals surface area contributed by atoms with Crippen molar-refractivity contribution >= 4 is 5.97 Å². The van der Waals surface area contributed by atoms with E-state index >= 15 is 0 Å². The number of ether oxygens (including phenoxy) is 1. The second-order valence-corrected chi connectivity index (χ2v) is 3.95. The highest BCUT2D eigenvalue weighted by molar-refractivity contribution is 5.91. The highest BCUT2D eigenvalue weighted by atomic mass is 16.5. The number of benzene rings is 1. The molecule has 0 aliphatic heterocycles. The summed E-state index contributed by atoms with van der Waals surface area (Å²) in [7, 11) is 0. The lowest BCUT2D eigenvalue weighted by Gasteiger charge is -2.07. The first kappa shape index (κ1) is 12.0. The van der Waals surface area contributed by atoms with E-state index in [9.17, 15) is 4.79 Å². The molecule has 0 aliphatic rings. The van der Waals surface area contributed by atoms with Gasteiger partial charge in [-0.25, -0.2) is 14.8 Å². The van der Waals surface area contributed by atoms with Crippen LogP contribution in [0.5, 0.6) is 11.8 Å². The molecule has 5 heteroatoms. The molecule has 0 amide bonds. The Labute approximate surface area is 104 Å². The van der Waals surface area contributed by atoms with E-state index < -0.39 is 5.97 Å². The van der Waals surface area contributed by atoms with Gasteiger partial charge in [0.15, 0.2) is 0 Å². The fraction of sp³-hybridized carbons (Fsp3) is 0.154. The number of aromatic nitrogens is 2. The number of aromatic carboxylic acids is 1.